The number of carbonyl (C=O) groups excluding carboxylic acids is 2. The van der Waals surface area contributed by atoms with E-state index in [2.05, 4.69) is 5.32 Å². The van der Waals surface area contributed by atoms with Gasteiger partial charge < -0.3 is 19.5 Å². The van der Waals surface area contributed by atoms with Crippen LogP contribution in [0, 0.1) is 0 Å². The maximum atomic E-state index is 13.4. The van der Waals surface area contributed by atoms with E-state index >= 15 is 0 Å². The van der Waals surface area contributed by atoms with Crippen molar-refractivity contribution in [1.29, 1.82) is 0 Å². The van der Waals surface area contributed by atoms with Crippen molar-refractivity contribution < 1.29 is 40.7 Å². The Balaban J connectivity index is 1.57. The van der Waals surface area contributed by atoms with E-state index in [4.69, 9.17) is 4.74 Å². The van der Waals surface area contributed by atoms with E-state index in [1.165, 1.54) is 27.7 Å². The second-order valence-corrected chi connectivity index (χ2v) is 8.82. The molecule has 12 heteroatoms. The fourth-order valence-electron chi connectivity index (χ4n) is 4.94. The number of amides is 1. The number of nitrogens with zero attached hydrogens (tertiary/aromatic N) is 2. The number of alkyl halides is 6. The highest BCUT2D eigenvalue weighted by Crippen LogP contribution is 2.41. The van der Waals surface area contributed by atoms with Crippen molar-refractivity contribution in [3.63, 3.8) is 0 Å². The Morgan fingerprint density at radius 3 is 2.29 bits per heavy atom. The highest BCUT2D eigenvalue weighted by molar-refractivity contribution is 5.99. The topological polar surface area (TPSA) is 63.6 Å². The summed E-state index contributed by atoms with van der Waals surface area (Å²) < 4.78 is 85.5. The number of ether oxygens (including phenoxy) is 1. The molecule has 0 saturated carbocycles. The van der Waals surface area contributed by atoms with Gasteiger partial charge in [0.25, 0.3) is 11.7 Å². The molecule has 1 saturated heterocycles. The fourth-order valence-corrected chi connectivity index (χ4v) is 4.94. The van der Waals surface area contributed by atoms with Gasteiger partial charge in [0.05, 0.1) is 23.9 Å². The van der Waals surface area contributed by atoms with Crippen molar-refractivity contribution >= 4 is 11.7 Å². The van der Waals surface area contributed by atoms with Gasteiger partial charge in [0.2, 0.25) is 0 Å². The second-order valence-electron chi connectivity index (χ2n) is 8.82. The first-order valence-electron chi connectivity index (χ1n) is 10.9. The van der Waals surface area contributed by atoms with Crippen LogP contribution in [0.1, 0.15) is 57.9 Å². The van der Waals surface area contributed by atoms with Crippen LogP contribution in [0.4, 0.5) is 26.3 Å². The molecule has 1 spiro atoms. The number of Topliss-reactive ketones (excluding diaryl/α,β-unsaturated/α-hetero) is 1. The van der Waals surface area contributed by atoms with Gasteiger partial charge in [-0.05, 0) is 50.1 Å². The van der Waals surface area contributed by atoms with E-state index in [0.717, 1.165) is 19.2 Å². The van der Waals surface area contributed by atoms with Gasteiger partial charge in [0.1, 0.15) is 5.75 Å². The molecule has 1 atom stereocenters. The molecule has 0 aliphatic carbocycles. The number of carbonyl (C=O) groups is 2. The Bertz CT molecular complexity index is 1150. The molecule has 3 heterocycles. The maximum absolute atomic E-state index is 13.4. The molecule has 35 heavy (non-hydrogen) atoms. The fraction of sp³-hybridized carbons (Fsp3) is 0.478. The lowest BCUT2D eigenvalue weighted by atomic mass is 9.82. The minimum Gasteiger partial charge on any atom is -0.496 e. The Hall–Kier alpha value is -3.02. The largest absolute Gasteiger partial charge is 0.496 e. The molecule has 0 bridgehead atoms. The van der Waals surface area contributed by atoms with E-state index in [1.54, 1.807) is 6.92 Å². The zero-order chi connectivity index (χ0) is 25.8. The Kier molecular flexibility index (Phi) is 6.15. The van der Waals surface area contributed by atoms with Crippen molar-refractivity contribution in [3.8, 4) is 5.75 Å². The maximum Gasteiger partial charge on any atom is 0.456 e. The first-order valence-corrected chi connectivity index (χ1v) is 10.9. The van der Waals surface area contributed by atoms with Crippen LogP contribution in [0.2, 0.25) is 0 Å². The summed E-state index contributed by atoms with van der Waals surface area (Å²) in [6.45, 7) is 2.36. The third kappa shape index (κ3) is 4.39. The van der Waals surface area contributed by atoms with Crippen LogP contribution in [-0.2, 0) is 11.7 Å². The molecule has 1 N–H and O–H groups in total. The van der Waals surface area contributed by atoms with E-state index in [1.807, 2.05) is 0 Å². The number of likely N-dealkylation sites (tertiary alicyclic amines) is 1. The number of fused-ring (bicyclic) bond motifs is 2. The lowest BCUT2D eigenvalue weighted by molar-refractivity contribution is -0.138. The van der Waals surface area contributed by atoms with Crippen LogP contribution in [0.15, 0.2) is 30.3 Å². The second kappa shape index (κ2) is 8.58. The van der Waals surface area contributed by atoms with Gasteiger partial charge in [-0.2, -0.15) is 26.3 Å². The summed E-state index contributed by atoms with van der Waals surface area (Å²) in [5.41, 5.74) is -1.86. The molecule has 1 aromatic carbocycles. The van der Waals surface area contributed by atoms with Gasteiger partial charge in [-0.3, -0.25) is 9.59 Å². The summed E-state index contributed by atoms with van der Waals surface area (Å²) in [5, 5.41) is 3.36. The third-order valence-electron chi connectivity index (χ3n) is 6.73. The standard InChI is InChI=1S/C23H23F6N3O3/c1-13-12-30-21(18-6-4-16(32(13)18)19(33)23(27,28)29)7-9-31(10-8-21)20(34)14-3-5-17(35-2)15(11-14)22(24,25)26/h3-6,11,13,30H,7-10,12H2,1-2H3. The van der Waals surface area contributed by atoms with Crippen LogP contribution in [-0.4, -0.2) is 54.1 Å². The monoisotopic (exact) mass is 503 g/mol. The van der Waals surface area contributed by atoms with Crippen LogP contribution < -0.4 is 10.1 Å². The number of hydrogen-bond acceptors (Lipinski definition) is 4. The average Bonchev–Trinajstić information content (AvgIpc) is 3.26. The smallest absolute Gasteiger partial charge is 0.456 e. The first-order chi connectivity index (χ1) is 16.3. The Morgan fingerprint density at radius 2 is 1.71 bits per heavy atom. The molecule has 4 rings (SSSR count). The van der Waals surface area contributed by atoms with Gasteiger partial charge in [-0.25, -0.2) is 0 Å². The SMILES string of the molecule is COc1ccc(C(=O)N2CCC3(CC2)NCC(C)n2c(C(=O)C(F)(F)F)ccc23)cc1C(F)(F)F. The van der Waals surface area contributed by atoms with Gasteiger partial charge >= 0.3 is 12.4 Å². The molecule has 1 fully saturated rings. The number of hydrogen-bond donors (Lipinski definition) is 1. The average molecular weight is 503 g/mol. The molecule has 0 radical (unpaired) electrons. The lowest BCUT2D eigenvalue weighted by Gasteiger charge is -2.47. The number of ketones is 1. The number of aromatic nitrogens is 1. The predicted octanol–water partition coefficient (Wildman–Crippen LogP) is 4.56. The number of rotatable bonds is 3. The minimum absolute atomic E-state index is 0.138. The Labute approximate surface area is 196 Å². The molecule has 2 aliphatic rings. The van der Waals surface area contributed by atoms with Crippen molar-refractivity contribution in [2.75, 3.05) is 26.7 Å². The normalized spacial score (nSPS) is 20.0. The zero-order valence-electron chi connectivity index (χ0n) is 18.9. The van der Waals surface area contributed by atoms with E-state index in [-0.39, 0.29) is 18.7 Å². The molecular formula is C23H23F6N3O3. The number of halogens is 6. The van der Waals surface area contributed by atoms with E-state index in [0.29, 0.717) is 25.1 Å². The molecule has 2 aliphatic heterocycles. The van der Waals surface area contributed by atoms with E-state index in [9.17, 15) is 35.9 Å². The van der Waals surface area contributed by atoms with Crippen molar-refractivity contribution in [1.82, 2.24) is 14.8 Å². The quantitative estimate of drug-likeness (QED) is 0.493. The van der Waals surface area contributed by atoms with Crippen LogP contribution in [0.25, 0.3) is 0 Å². The molecule has 190 valence electrons. The highest BCUT2D eigenvalue weighted by atomic mass is 19.4. The number of methoxy groups -OCH3 is 1. The summed E-state index contributed by atoms with van der Waals surface area (Å²) in [7, 11) is 1.11. The van der Waals surface area contributed by atoms with Gasteiger partial charge in [-0.15, -0.1) is 0 Å². The summed E-state index contributed by atoms with van der Waals surface area (Å²) in [6, 6.07) is 5.39. The van der Waals surface area contributed by atoms with Crippen molar-refractivity contribution in [2.24, 2.45) is 0 Å². The summed E-state index contributed by atoms with van der Waals surface area (Å²) in [6.07, 6.45) is -9.07. The van der Waals surface area contributed by atoms with Gasteiger partial charge in [0, 0.05) is 36.9 Å². The summed E-state index contributed by atoms with van der Waals surface area (Å²) >= 11 is 0. The molecule has 2 aromatic rings. The minimum atomic E-state index is -5.00. The third-order valence-corrected chi connectivity index (χ3v) is 6.73. The zero-order valence-corrected chi connectivity index (χ0v) is 18.9. The van der Waals surface area contributed by atoms with Crippen LogP contribution in [0.5, 0.6) is 5.75 Å². The van der Waals surface area contributed by atoms with Crippen LogP contribution in [0.3, 0.4) is 0 Å². The van der Waals surface area contributed by atoms with Gasteiger partial charge in [0.15, 0.2) is 0 Å². The molecule has 1 unspecified atom stereocenters. The molecule has 1 aromatic heterocycles. The first kappa shape index (κ1) is 25.1. The van der Waals surface area contributed by atoms with E-state index < -0.39 is 52.6 Å². The molecular weight excluding hydrogens is 480 g/mol. The predicted molar refractivity (Wildman–Crippen MR) is 112 cm³/mol. The van der Waals surface area contributed by atoms with Crippen molar-refractivity contribution in [3.05, 3.63) is 52.8 Å². The Morgan fingerprint density at radius 1 is 1.06 bits per heavy atom. The number of nitrogens with one attached hydrogen (secondary N) is 1. The lowest BCUT2D eigenvalue weighted by Crippen LogP contribution is -2.57. The van der Waals surface area contributed by atoms with Crippen LogP contribution >= 0.6 is 0 Å². The molecule has 6 nitrogen and oxygen atoms in total. The molecule has 1 amide bonds. The highest BCUT2D eigenvalue weighted by Gasteiger charge is 2.47. The number of piperidine rings is 1. The number of benzene rings is 1. The van der Waals surface area contributed by atoms with Crippen molar-refractivity contribution in [2.45, 2.75) is 43.7 Å². The van der Waals surface area contributed by atoms with Gasteiger partial charge in [-0.1, -0.05) is 0 Å². The summed E-state index contributed by atoms with van der Waals surface area (Å²) in [4.78, 5) is 26.3. The summed E-state index contributed by atoms with van der Waals surface area (Å²) in [5.74, 6) is -2.89.